The predicted octanol–water partition coefficient (Wildman–Crippen LogP) is 4.33. The average molecular weight is 382 g/mol. The summed E-state index contributed by atoms with van der Waals surface area (Å²) < 4.78 is 78.0. The molecule has 0 spiro atoms. The van der Waals surface area contributed by atoms with E-state index in [1.807, 2.05) is 0 Å². The van der Waals surface area contributed by atoms with E-state index in [2.05, 4.69) is 5.32 Å². The molecule has 0 saturated carbocycles. The average Bonchev–Trinajstić information content (AvgIpc) is 2.58. The van der Waals surface area contributed by atoms with E-state index >= 15 is 0 Å². The fraction of sp³-hybridized carbons (Fsp3) is 0.588. The van der Waals surface area contributed by atoms with Crippen molar-refractivity contribution >= 4 is 5.91 Å². The van der Waals surface area contributed by atoms with Crippen molar-refractivity contribution < 1.29 is 31.1 Å². The zero-order valence-electron chi connectivity index (χ0n) is 14.2. The molecule has 9 heteroatoms. The zero-order valence-corrected chi connectivity index (χ0v) is 14.2. The summed E-state index contributed by atoms with van der Waals surface area (Å²) in [6, 6.07) is 0.834. The molecule has 1 amide bonds. The van der Waals surface area contributed by atoms with Gasteiger partial charge in [0.1, 0.15) is 0 Å². The van der Waals surface area contributed by atoms with Crippen molar-refractivity contribution in [3.8, 4) is 0 Å². The van der Waals surface area contributed by atoms with Crippen LogP contribution in [0.5, 0.6) is 0 Å². The number of amides is 1. The molecule has 146 valence electrons. The van der Waals surface area contributed by atoms with Crippen molar-refractivity contribution in [2.45, 2.75) is 44.6 Å². The van der Waals surface area contributed by atoms with Gasteiger partial charge in [-0.25, -0.2) is 0 Å². The van der Waals surface area contributed by atoms with Crippen LogP contribution in [0.25, 0.3) is 0 Å². The van der Waals surface area contributed by atoms with Crippen molar-refractivity contribution in [1.82, 2.24) is 10.2 Å². The Kier molecular flexibility index (Phi) is 6.21. The molecule has 0 aliphatic carbocycles. The van der Waals surface area contributed by atoms with Crippen LogP contribution in [-0.4, -0.2) is 36.5 Å². The minimum atomic E-state index is -4.97. The lowest BCUT2D eigenvalue weighted by atomic mass is 10.0. The van der Waals surface area contributed by atoms with E-state index in [1.54, 1.807) is 6.92 Å². The van der Waals surface area contributed by atoms with E-state index in [4.69, 9.17) is 0 Å². The first-order valence-corrected chi connectivity index (χ1v) is 8.35. The number of rotatable bonds is 4. The van der Waals surface area contributed by atoms with Gasteiger partial charge in [-0.15, -0.1) is 0 Å². The standard InChI is InChI=1S/C17H20F6N2O/c1-2-7-25(14-3-5-24-6-4-14)15(26)11-8-12(16(18,19)20)10-13(9-11)17(21,22)23/h8-10,14,24H,2-7H2,1H3. The highest BCUT2D eigenvalue weighted by Gasteiger charge is 2.38. The number of halogens is 6. The van der Waals surface area contributed by atoms with Crippen molar-refractivity contribution in [2.24, 2.45) is 0 Å². The molecule has 0 radical (unpaired) electrons. The van der Waals surface area contributed by atoms with Crippen LogP contribution < -0.4 is 5.32 Å². The van der Waals surface area contributed by atoms with E-state index in [1.165, 1.54) is 4.90 Å². The first kappa shape index (κ1) is 20.5. The van der Waals surface area contributed by atoms with Gasteiger partial charge in [-0.3, -0.25) is 4.79 Å². The third kappa shape index (κ3) is 4.90. The quantitative estimate of drug-likeness (QED) is 0.787. The van der Waals surface area contributed by atoms with Gasteiger partial charge in [0.15, 0.2) is 0 Å². The monoisotopic (exact) mass is 382 g/mol. The molecular weight excluding hydrogens is 362 g/mol. The van der Waals surface area contributed by atoms with Crippen LogP contribution >= 0.6 is 0 Å². The van der Waals surface area contributed by atoms with Crippen LogP contribution in [0.2, 0.25) is 0 Å². The molecule has 3 nitrogen and oxygen atoms in total. The van der Waals surface area contributed by atoms with Gasteiger partial charge >= 0.3 is 12.4 Å². The van der Waals surface area contributed by atoms with E-state index < -0.39 is 35.0 Å². The highest BCUT2D eigenvalue weighted by molar-refractivity contribution is 5.95. The topological polar surface area (TPSA) is 32.3 Å². The number of benzene rings is 1. The first-order chi connectivity index (χ1) is 12.0. The molecule has 1 aromatic carbocycles. The van der Waals surface area contributed by atoms with E-state index in [0.717, 1.165) is 0 Å². The van der Waals surface area contributed by atoms with Gasteiger partial charge in [-0.2, -0.15) is 26.3 Å². The Balaban J connectivity index is 2.44. The molecule has 26 heavy (non-hydrogen) atoms. The van der Waals surface area contributed by atoms with Crippen LogP contribution in [0, 0.1) is 0 Å². The zero-order chi connectivity index (χ0) is 19.5. The number of piperidine rings is 1. The summed E-state index contributed by atoms with van der Waals surface area (Å²) in [5.41, 5.74) is -3.53. The molecule has 2 rings (SSSR count). The lowest BCUT2D eigenvalue weighted by molar-refractivity contribution is -0.143. The number of alkyl halides is 6. The molecule has 1 aliphatic rings. The molecule has 0 unspecified atom stereocenters. The fourth-order valence-electron chi connectivity index (χ4n) is 3.05. The van der Waals surface area contributed by atoms with Gasteiger partial charge in [-0.05, 0) is 50.6 Å². The Labute approximate surface area is 147 Å². The van der Waals surface area contributed by atoms with Crippen molar-refractivity contribution in [1.29, 1.82) is 0 Å². The van der Waals surface area contributed by atoms with E-state index in [9.17, 15) is 31.1 Å². The molecule has 1 fully saturated rings. The lowest BCUT2D eigenvalue weighted by Crippen LogP contribution is -2.46. The minimum Gasteiger partial charge on any atom is -0.336 e. The molecular formula is C17H20F6N2O. The maximum Gasteiger partial charge on any atom is 0.416 e. The van der Waals surface area contributed by atoms with Gasteiger partial charge in [0.2, 0.25) is 0 Å². The number of nitrogens with one attached hydrogen (secondary N) is 1. The van der Waals surface area contributed by atoms with Gasteiger partial charge in [0, 0.05) is 18.2 Å². The maximum absolute atomic E-state index is 13.0. The Morgan fingerprint density at radius 1 is 1.04 bits per heavy atom. The number of carbonyl (C=O) groups excluding carboxylic acids is 1. The Hall–Kier alpha value is -1.77. The van der Waals surface area contributed by atoms with Crippen LogP contribution in [0.15, 0.2) is 18.2 Å². The summed E-state index contributed by atoms with van der Waals surface area (Å²) >= 11 is 0. The van der Waals surface area contributed by atoms with E-state index in [-0.39, 0.29) is 18.7 Å². The Morgan fingerprint density at radius 3 is 1.96 bits per heavy atom. The summed E-state index contributed by atoms with van der Waals surface area (Å²) in [5, 5.41) is 3.11. The number of hydrogen-bond acceptors (Lipinski definition) is 2. The first-order valence-electron chi connectivity index (χ1n) is 8.35. The molecule has 1 aromatic rings. The molecule has 0 bridgehead atoms. The fourth-order valence-corrected chi connectivity index (χ4v) is 3.05. The van der Waals surface area contributed by atoms with Gasteiger partial charge < -0.3 is 10.2 Å². The van der Waals surface area contributed by atoms with Crippen molar-refractivity contribution in [3.63, 3.8) is 0 Å². The van der Waals surface area contributed by atoms with E-state index in [0.29, 0.717) is 44.5 Å². The summed E-state index contributed by atoms with van der Waals surface area (Å²) in [7, 11) is 0. The molecule has 0 aromatic heterocycles. The largest absolute Gasteiger partial charge is 0.416 e. The highest BCUT2D eigenvalue weighted by atomic mass is 19.4. The van der Waals surface area contributed by atoms with Crippen molar-refractivity contribution in [3.05, 3.63) is 34.9 Å². The lowest BCUT2D eigenvalue weighted by Gasteiger charge is -2.35. The third-order valence-corrected chi connectivity index (χ3v) is 4.31. The Bertz CT molecular complexity index is 603. The number of carbonyl (C=O) groups is 1. The van der Waals surface area contributed by atoms with Gasteiger partial charge in [0.05, 0.1) is 11.1 Å². The van der Waals surface area contributed by atoms with Crippen molar-refractivity contribution in [2.75, 3.05) is 19.6 Å². The van der Waals surface area contributed by atoms with Crippen LogP contribution in [0.1, 0.15) is 47.7 Å². The second-order valence-electron chi connectivity index (χ2n) is 6.27. The second-order valence-corrected chi connectivity index (χ2v) is 6.27. The normalized spacial score (nSPS) is 16.6. The number of nitrogens with zero attached hydrogens (tertiary/aromatic N) is 1. The third-order valence-electron chi connectivity index (χ3n) is 4.31. The summed E-state index contributed by atoms with van der Waals surface area (Å²) in [4.78, 5) is 14.2. The summed E-state index contributed by atoms with van der Waals surface area (Å²) in [5.74, 6) is -0.796. The molecule has 1 saturated heterocycles. The number of hydrogen-bond donors (Lipinski definition) is 1. The maximum atomic E-state index is 13.0. The second kappa shape index (κ2) is 7.85. The molecule has 1 heterocycles. The molecule has 0 atom stereocenters. The van der Waals surface area contributed by atoms with Crippen LogP contribution in [-0.2, 0) is 12.4 Å². The highest BCUT2D eigenvalue weighted by Crippen LogP contribution is 2.36. The van der Waals surface area contributed by atoms with Gasteiger partial charge in [-0.1, -0.05) is 6.92 Å². The predicted molar refractivity (Wildman–Crippen MR) is 83.7 cm³/mol. The summed E-state index contributed by atoms with van der Waals surface area (Å²) in [6.07, 6.45) is -8.17. The smallest absolute Gasteiger partial charge is 0.336 e. The molecule has 1 N–H and O–H groups in total. The van der Waals surface area contributed by atoms with Gasteiger partial charge in [0.25, 0.3) is 5.91 Å². The van der Waals surface area contributed by atoms with Crippen LogP contribution in [0.3, 0.4) is 0 Å². The van der Waals surface area contributed by atoms with Crippen LogP contribution in [0.4, 0.5) is 26.3 Å². The SMILES string of the molecule is CCCN(C(=O)c1cc(C(F)(F)F)cc(C(F)(F)F)c1)C1CCNCC1. The Morgan fingerprint density at radius 2 is 1.54 bits per heavy atom. The summed E-state index contributed by atoms with van der Waals surface area (Å²) in [6.45, 7) is 3.37. The minimum absolute atomic E-state index is 0.0332. The molecule has 1 aliphatic heterocycles.